The molecular weight excluding hydrogens is 395 g/mol. The van der Waals surface area contributed by atoms with E-state index in [4.69, 9.17) is 4.42 Å². The number of hydrogen-bond acceptors (Lipinski definition) is 3. The van der Waals surface area contributed by atoms with Crippen molar-refractivity contribution in [1.82, 2.24) is 10.2 Å². The molecule has 0 spiro atoms. The molecule has 0 bridgehead atoms. The van der Waals surface area contributed by atoms with Crippen LogP contribution in [0.15, 0.2) is 71.3 Å². The van der Waals surface area contributed by atoms with Crippen LogP contribution in [0.25, 0.3) is 21.7 Å². The summed E-state index contributed by atoms with van der Waals surface area (Å²) in [5, 5.41) is 5.83. The molecule has 158 valence electrons. The van der Waals surface area contributed by atoms with Gasteiger partial charge in [-0.15, -0.1) is 0 Å². The summed E-state index contributed by atoms with van der Waals surface area (Å²) in [5.41, 5.74) is 2.34. The third kappa shape index (κ3) is 4.58. The van der Waals surface area contributed by atoms with Gasteiger partial charge < -0.3 is 14.6 Å². The molecule has 1 heterocycles. The summed E-state index contributed by atoms with van der Waals surface area (Å²) >= 11 is 0. The molecule has 4 aromatic rings. The zero-order valence-electron chi connectivity index (χ0n) is 17.2. The molecular formula is C25H23FN2O3. The molecule has 0 fully saturated rings. The lowest BCUT2D eigenvalue weighted by Crippen LogP contribution is -2.41. The van der Waals surface area contributed by atoms with E-state index in [1.807, 2.05) is 43.3 Å². The molecule has 1 N–H and O–H groups in total. The van der Waals surface area contributed by atoms with Gasteiger partial charge in [0, 0.05) is 24.0 Å². The van der Waals surface area contributed by atoms with Crippen molar-refractivity contribution in [3.8, 4) is 0 Å². The summed E-state index contributed by atoms with van der Waals surface area (Å²) in [6.45, 7) is 2.50. The van der Waals surface area contributed by atoms with Gasteiger partial charge in [-0.1, -0.05) is 42.5 Å². The molecule has 6 heteroatoms. The molecule has 31 heavy (non-hydrogen) atoms. The number of fused-ring (bicyclic) bond motifs is 3. The topological polar surface area (TPSA) is 62.6 Å². The summed E-state index contributed by atoms with van der Waals surface area (Å²) in [6.07, 6.45) is 1.78. The highest BCUT2D eigenvalue weighted by atomic mass is 19.1. The molecule has 3 aromatic carbocycles. The Balaban J connectivity index is 1.44. The standard InChI is InChI=1S/C25H23FN2O3/c1-2-28(15-23(29)27-14-17-7-10-20(26)11-8-17)24(30)13-19-16-31-22-12-9-18-5-3-4-6-21(18)25(19)22/h3-12,16H,2,13-15H2,1H3,(H,27,29). The van der Waals surface area contributed by atoms with Crippen molar-refractivity contribution in [2.24, 2.45) is 0 Å². The first kappa shape index (κ1) is 20.6. The maximum Gasteiger partial charge on any atom is 0.239 e. The van der Waals surface area contributed by atoms with Crippen LogP contribution in [0.5, 0.6) is 0 Å². The molecule has 0 saturated carbocycles. The van der Waals surface area contributed by atoms with Crippen molar-refractivity contribution >= 4 is 33.6 Å². The van der Waals surface area contributed by atoms with E-state index in [9.17, 15) is 14.0 Å². The Morgan fingerprint density at radius 1 is 1.03 bits per heavy atom. The van der Waals surface area contributed by atoms with Crippen LogP contribution in [0.3, 0.4) is 0 Å². The number of carbonyl (C=O) groups is 2. The number of rotatable bonds is 7. The zero-order valence-corrected chi connectivity index (χ0v) is 17.2. The van der Waals surface area contributed by atoms with E-state index in [2.05, 4.69) is 5.32 Å². The second kappa shape index (κ2) is 9.00. The first-order chi connectivity index (χ1) is 15.0. The number of carbonyl (C=O) groups excluding carboxylic acids is 2. The molecule has 0 aliphatic heterocycles. The van der Waals surface area contributed by atoms with E-state index in [1.54, 1.807) is 18.4 Å². The summed E-state index contributed by atoms with van der Waals surface area (Å²) in [4.78, 5) is 26.8. The number of nitrogens with zero attached hydrogens (tertiary/aromatic N) is 1. The summed E-state index contributed by atoms with van der Waals surface area (Å²) < 4.78 is 18.7. The van der Waals surface area contributed by atoms with Gasteiger partial charge in [-0.25, -0.2) is 4.39 Å². The highest BCUT2D eigenvalue weighted by molar-refractivity contribution is 6.08. The van der Waals surface area contributed by atoms with Crippen LogP contribution in [0.2, 0.25) is 0 Å². The number of hydrogen-bond donors (Lipinski definition) is 1. The Morgan fingerprint density at radius 2 is 1.81 bits per heavy atom. The van der Waals surface area contributed by atoms with Crippen LogP contribution in [0.4, 0.5) is 4.39 Å². The Bertz CT molecular complexity index is 1230. The van der Waals surface area contributed by atoms with Gasteiger partial charge in [-0.3, -0.25) is 9.59 Å². The van der Waals surface area contributed by atoms with E-state index >= 15 is 0 Å². The average Bonchev–Trinajstić information content (AvgIpc) is 3.20. The third-order valence-corrected chi connectivity index (χ3v) is 5.35. The maximum atomic E-state index is 13.0. The van der Waals surface area contributed by atoms with Gasteiger partial charge in [-0.05, 0) is 41.5 Å². The van der Waals surface area contributed by atoms with Crippen LogP contribution in [-0.4, -0.2) is 29.8 Å². The number of likely N-dealkylation sites (N-methyl/N-ethyl adjacent to an activating group) is 1. The highest BCUT2D eigenvalue weighted by Gasteiger charge is 2.19. The second-order valence-electron chi connectivity index (χ2n) is 7.41. The normalized spacial score (nSPS) is 11.0. The molecule has 1 aromatic heterocycles. The van der Waals surface area contributed by atoms with Crippen LogP contribution >= 0.6 is 0 Å². The third-order valence-electron chi connectivity index (χ3n) is 5.35. The van der Waals surface area contributed by atoms with Crippen molar-refractivity contribution in [2.75, 3.05) is 13.1 Å². The Hall–Kier alpha value is -3.67. The van der Waals surface area contributed by atoms with Crippen LogP contribution in [-0.2, 0) is 22.6 Å². The van der Waals surface area contributed by atoms with E-state index < -0.39 is 0 Å². The quantitative estimate of drug-likeness (QED) is 0.483. The fourth-order valence-corrected chi connectivity index (χ4v) is 3.69. The molecule has 0 saturated heterocycles. The second-order valence-corrected chi connectivity index (χ2v) is 7.41. The largest absolute Gasteiger partial charge is 0.464 e. The van der Waals surface area contributed by atoms with Crippen LogP contribution < -0.4 is 5.32 Å². The SMILES string of the molecule is CCN(CC(=O)NCc1ccc(F)cc1)C(=O)Cc1coc2ccc3ccccc3c12. The molecule has 5 nitrogen and oxygen atoms in total. The van der Waals surface area contributed by atoms with E-state index in [-0.39, 0.29) is 37.1 Å². The summed E-state index contributed by atoms with van der Waals surface area (Å²) in [6, 6.07) is 17.8. The minimum atomic E-state index is -0.322. The van der Waals surface area contributed by atoms with Gasteiger partial charge in [0.25, 0.3) is 0 Å². The fraction of sp³-hybridized carbons (Fsp3) is 0.200. The van der Waals surface area contributed by atoms with Crippen molar-refractivity contribution in [3.63, 3.8) is 0 Å². The van der Waals surface area contributed by atoms with Gasteiger partial charge in [0.1, 0.15) is 11.4 Å². The van der Waals surface area contributed by atoms with Crippen molar-refractivity contribution in [1.29, 1.82) is 0 Å². The van der Waals surface area contributed by atoms with Gasteiger partial charge in [0.2, 0.25) is 11.8 Å². The maximum absolute atomic E-state index is 13.0. The molecule has 0 atom stereocenters. The molecule has 0 aliphatic rings. The summed E-state index contributed by atoms with van der Waals surface area (Å²) in [5.74, 6) is -0.727. The Kier molecular flexibility index (Phi) is 5.98. The zero-order chi connectivity index (χ0) is 21.8. The predicted octanol–water partition coefficient (Wildman–Crippen LogP) is 4.43. The molecule has 0 aliphatic carbocycles. The number of furan rings is 1. The van der Waals surface area contributed by atoms with Crippen molar-refractivity contribution in [2.45, 2.75) is 19.9 Å². The van der Waals surface area contributed by atoms with E-state index in [1.165, 1.54) is 17.0 Å². The molecule has 0 radical (unpaired) electrons. The minimum absolute atomic E-state index is 0.0347. The fourth-order valence-electron chi connectivity index (χ4n) is 3.69. The van der Waals surface area contributed by atoms with E-state index in [0.717, 1.165) is 32.9 Å². The van der Waals surface area contributed by atoms with Gasteiger partial charge in [-0.2, -0.15) is 0 Å². The average molecular weight is 418 g/mol. The van der Waals surface area contributed by atoms with Crippen LogP contribution in [0.1, 0.15) is 18.1 Å². The monoisotopic (exact) mass is 418 g/mol. The van der Waals surface area contributed by atoms with E-state index in [0.29, 0.717) is 6.54 Å². The number of amides is 2. The Labute approximate surface area is 179 Å². The van der Waals surface area contributed by atoms with Crippen molar-refractivity contribution < 1.29 is 18.4 Å². The lowest BCUT2D eigenvalue weighted by atomic mass is 10.0. The molecule has 4 rings (SSSR count). The molecule has 0 unspecified atom stereocenters. The lowest BCUT2D eigenvalue weighted by Gasteiger charge is -2.20. The van der Waals surface area contributed by atoms with Gasteiger partial charge >= 0.3 is 0 Å². The smallest absolute Gasteiger partial charge is 0.239 e. The van der Waals surface area contributed by atoms with Gasteiger partial charge in [0.15, 0.2) is 0 Å². The first-order valence-electron chi connectivity index (χ1n) is 10.2. The number of benzene rings is 3. The van der Waals surface area contributed by atoms with Crippen LogP contribution in [0, 0.1) is 5.82 Å². The number of nitrogens with one attached hydrogen (secondary N) is 1. The molecule has 2 amide bonds. The van der Waals surface area contributed by atoms with Gasteiger partial charge in [0.05, 0.1) is 19.2 Å². The first-order valence-corrected chi connectivity index (χ1v) is 10.2. The number of halogens is 1. The predicted molar refractivity (Wildman–Crippen MR) is 118 cm³/mol. The highest BCUT2D eigenvalue weighted by Crippen LogP contribution is 2.30. The summed E-state index contributed by atoms with van der Waals surface area (Å²) in [7, 11) is 0. The van der Waals surface area contributed by atoms with Crippen molar-refractivity contribution in [3.05, 3.63) is 83.9 Å². The lowest BCUT2D eigenvalue weighted by molar-refractivity contribution is -0.135. The minimum Gasteiger partial charge on any atom is -0.464 e. The Morgan fingerprint density at radius 3 is 2.58 bits per heavy atom.